The van der Waals surface area contributed by atoms with Gasteiger partial charge in [-0.15, -0.1) is 0 Å². The molecule has 0 fully saturated rings. The molecule has 2 heterocycles. The summed E-state index contributed by atoms with van der Waals surface area (Å²) in [5.41, 5.74) is -0.928. The number of benzene rings is 1. The maximum Gasteiger partial charge on any atom is 0.416 e. The van der Waals surface area contributed by atoms with Gasteiger partial charge in [-0.3, -0.25) is 9.59 Å². The first-order chi connectivity index (χ1) is 14.6. The van der Waals surface area contributed by atoms with Crippen molar-refractivity contribution >= 4 is 23.4 Å². The smallest absolute Gasteiger partial charge is 0.355 e. The van der Waals surface area contributed by atoms with E-state index in [1.807, 2.05) is 0 Å². The highest BCUT2D eigenvalue weighted by atomic mass is 35.5. The Bertz CT molecular complexity index is 1110. The molecule has 12 heteroatoms. The van der Waals surface area contributed by atoms with E-state index < -0.39 is 23.7 Å². The Morgan fingerprint density at radius 2 is 1.84 bits per heavy atom. The van der Waals surface area contributed by atoms with Crippen LogP contribution in [0.25, 0.3) is 5.82 Å². The molecule has 2 amide bonds. The molecule has 0 saturated heterocycles. The highest BCUT2D eigenvalue weighted by Gasteiger charge is 2.32. The van der Waals surface area contributed by atoms with E-state index in [0.717, 1.165) is 18.2 Å². The monoisotopic (exact) mass is 452 g/mol. The quantitative estimate of drug-likeness (QED) is 0.619. The van der Waals surface area contributed by atoms with Crippen LogP contribution in [-0.2, 0) is 6.18 Å². The number of nitrogens with zero attached hydrogens (tertiary/aromatic N) is 4. The van der Waals surface area contributed by atoms with Crippen LogP contribution < -0.4 is 10.6 Å². The molecule has 0 radical (unpaired) electrons. The molecular weight excluding hydrogens is 437 g/mol. The topological polar surface area (TPSA) is 102 Å². The summed E-state index contributed by atoms with van der Waals surface area (Å²) < 4.78 is 40.3. The summed E-state index contributed by atoms with van der Waals surface area (Å²) in [6.07, 6.45) is -2.04. The van der Waals surface area contributed by atoms with Gasteiger partial charge in [-0.25, -0.2) is 9.97 Å². The molecule has 0 saturated carbocycles. The van der Waals surface area contributed by atoms with Crippen molar-refractivity contribution in [3.05, 3.63) is 70.4 Å². The summed E-state index contributed by atoms with van der Waals surface area (Å²) in [4.78, 5) is 32.4. The van der Waals surface area contributed by atoms with Crippen LogP contribution in [0, 0.1) is 0 Å². The van der Waals surface area contributed by atoms with Gasteiger partial charge in [-0.05, 0) is 37.3 Å². The van der Waals surface area contributed by atoms with E-state index in [2.05, 4.69) is 25.7 Å². The number of hydrogen-bond donors (Lipinski definition) is 2. The van der Waals surface area contributed by atoms with E-state index in [1.165, 1.54) is 24.3 Å². The van der Waals surface area contributed by atoms with Crippen molar-refractivity contribution in [3.8, 4) is 5.82 Å². The third-order valence-electron chi connectivity index (χ3n) is 4.25. The molecule has 1 unspecified atom stereocenters. The Labute approximate surface area is 179 Å². The Morgan fingerprint density at radius 1 is 1.10 bits per heavy atom. The van der Waals surface area contributed by atoms with Crippen molar-refractivity contribution in [2.75, 3.05) is 7.05 Å². The van der Waals surface area contributed by atoms with Crippen LogP contribution in [0.15, 0.2) is 42.9 Å². The molecule has 31 heavy (non-hydrogen) atoms. The van der Waals surface area contributed by atoms with Crippen molar-refractivity contribution in [3.63, 3.8) is 0 Å². The average Bonchev–Trinajstić information content (AvgIpc) is 3.22. The van der Waals surface area contributed by atoms with Crippen LogP contribution in [0.5, 0.6) is 0 Å². The van der Waals surface area contributed by atoms with E-state index >= 15 is 0 Å². The SMILES string of the molecule is CNC(=O)c1ccc(-n2ncnc2C(C)NC(=O)c2cc(Cl)cc(C(F)(F)F)c2)nc1. The highest BCUT2D eigenvalue weighted by molar-refractivity contribution is 6.31. The van der Waals surface area contributed by atoms with Gasteiger partial charge in [0.25, 0.3) is 11.8 Å². The molecule has 162 valence electrons. The predicted molar refractivity (Wildman–Crippen MR) is 105 cm³/mol. The predicted octanol–water partition coefficient (Wildman–Crippen LogP) is 3.19. The van der Waals surface area contributed by atoms with Crippen LogP contribution >= 0.6 is 11.6 Å². The number of pyridine rings is 1. The van der Waals surface area contributed by atoms with Gasteiger partial charge >= 0.3 is 6.18 Å². The second kappa shape index (κ2) is 8.72. The molecule has 0 aliphatic carbocycles. The van der Waals surface area contributed by atoms with Crippen molar-refractivity contribution < 1.29 is 22.8 Å². The first-order valence-corrected chi connectivity index (χ1v) is 9.25. The molecule has 0 aliphatic heterocycles. The highest BCUT2D eigenvalue weighted by Crippen LogP contribution is 2.32. The van der Waals surface area contributed by atoms with Gasteiger partial charge in [-0.2, -0.15) is 23.0 Å². The van der Waals surface area contributed by atoms with Crippen LogP contribution in [0.1, 0.15) is 45.1 Å². The summed E-state index contributed by atoms with van der Waals surface area (Å²) in [5.74, 6) is -0.453. The number of amides is 2. The fourth-order valence-electron chi connectivity index (χ4n) is 2.74. The Balaban J connectivity index is 1.82. The van der Waals surface area contributed by atoms with E-state index in [9.17, 15) is 22.8 Å². The molecule has 3 aromatic rings. The van der Waals surface area contributed by atoms with E-state index in [1.54, 1.807) is 19.1 Å². The minimum atomic E-state index is -4.64. The number of alkyl halides is 3. The van der Waals surface area contributed by atoms with Crippen LogP contribution in [0.4, 0.5) is 13.2 Å². The molecule has 3 rings (SSSR count). The normalized spacial score (nSPS) is 12.3. The molecule has 2 aromatic heterocycles. The molecular formula is C19H16ClF3N6O2. The maximum atomic E-state index is 13.0. The lowest BCUT2D eigenvalue weighted by atomic mass is 10.1. The van der Waals surface area contributed by atoms with Crippen molar-refractivity contribution in [1.29, 1.82) is 0 Å². The standard InChI is InChI=1S/C19H16ClF3N6O2/c1-10(28-18(31)12-5-13(19(21,22)23)7-14(20)6-12)16-26-9-27-29(16)15-4-3-11(8-25-15)17(30)24-2/h3-10H,1-2H3,(H,24,30)(H,28,31). The zero-order valence-corrected chi connectivity index (χ0v) is 17.0. The van der Waals surface area contributed by atoms with Crippen LogP contribution in [0.3, 0.4) is 0 Å². The molecule has 1 aromatic carbocycles. The average molecular weight is 453 g/mol. The van der Waals surface area contributed by atoms with Crippen LogP contribution in [-0.4, -0.2) is 38.6 Å². The fraction of sp³-hybridized carbons (Fsp3) is 0.211. The number of aromatic nitrogens is 4. The van der Waals surface area contributed by atoms with E-state index in [4.69, 9.17) is 11.6 Å². The van der Waals surface area contributed by atoms with Gasteiger partial charge in [0.15, 0.2) is 11.6 Å². The number of halogens is 4. The first kappa shape index (κ1) is 22.2. The minimum Gasteiger partial charge on any atom is -0.355 e. The largest absolute Gasteiger partial charge is 0.416 e. The molecule has 0 spiro atoms. The van der Waals surface area contributed by atoms with Crippen molar-refractivity contribution in [2.45, 2.75) is 19.1 Å². The second-order valence-electron chi connectivity index (χ2n) is 6.44. The van der Waals surface area contributed by atoms with Gasteiger partial charge in [0.1, 0.15) is 6.33 Å². The lowest BCUT2D eigenvalue weighted by molar-refractivity contribution is -0.137. The van der Waals surface area contributed by atoms with Crippen molar-refractivity contribution in [2.24, 2.45) is 0 Å². The summed E-state index contributed by atoms with van der Waals surface area (Å²) >= 11 is 5.74. The van der Waals surface area contributed by atoms with Crippen LogP contribution in [0.2, 0.25) is 5.02 Å². The third-order valence-corrected chi connectivity index (χ3v) is 4.47. The van der Waals surface area contributed by atoms with Gasteiger partial charge in [0, 0.05) is 23.8 Å². The number of hydrogen-bond acceptors (Lipinski definition) is 5. The second-order valence-corrected chi connectivity index (χ2v) is 6.87. The molecule has 0 bridgehead atoms. The summed E-state index contributed by atoms with van der Waals surface area (Å²) in [7, 11) is 1.49. The van der Waals surface area contributed by atoms with Gasteiger partial charge in [0.05, 0.1) is 17.2 Å². The fourth-order valence-corrected chi connectivity index (χ4v) is 2.98. The van der Waals surface area contributed by atoms with Crippen molar-refractivity contribution in [1.82, 2.24) is 30.4 Å². The maximum absolute atomic E-state index is 13.0. The zero-order chi connectivity index (χ0) is 22.8. The Kier molecular flexibility index (Phi) is 6.25. The summed E-state index contributed by atoms with van der Waals surface area (Å²) in [6, 6.07) is 4.96. The molecule has 1 atom stereocenters. The van der Waals surface area contributed by atoms with E-state index in [-0.39, 0.29) is 22.3 Å². The zero-order valence-electron chi connectivity index (χ0n) is 16.2. The number of carbonyl (C=O) groups is 2. The van der Waals surface area contributed by atoms with Gasteiger partial charge in [-0.1, -0.05) is 11.6 Å². The minimum absolute atomic E-state index is 0.212. The Morgan fingerprint density at radius 3 is 2.45 bits per heavy atom. The third kappa shape index (κ3) is 5.00. The summed E-state index contributed by atoms with van der Waals surface area (Å²) in [5, 5.41) is 8.90. The molecule has 8 nitrogen and oxygen atoms in total. The van der Waals surface area contributed by atoms with Gasteiger partial charge in [0.2, 0.25) is 0 Å². The lowest BCUT2D eigenvalue weighted by Gasteiger charge is -2.15. The molecule has 2 N–H and O–H groups in total. The number of nitrogens with one attached hydrogen (secondary N) is 2. The van der Waals surface area contributed by atoms with E-state index in [0.29, 0.717) is 11.4 Å². The number of rotatable bonds is 5. The lowest BCUT2D eigenvalue weighted by Crippen LogP contribution is -2.29. The Hall–Kier alpha value is -3.47. The summed E-state index contributed by atoms with van der Waals surface area (Å²) in [6.45, 7) is 1.59. The number of carbonyl (C=O) groups excluding carboxylic acids is 2. The molecule has 0 aliphatic rings. The first-order valence-electron chi connectivity index (χ1n) is 8.87. The van der Waals surface area contributed by atoms with Gasteiger partial charge < -0.3 is 10.6 Å².